The van der Waals surface area contributed by atoms with Crippen molar-refractivity contribution in [2.24, 2.45) is 0 Å². The summed E-state index contributed by atoms with van der Waals surface area (Å²) in [5.74, 6) is -0.360. The van der Waals surface area contributed by atoms with E-state index in [2.05, 4.69) is 15.0 Å². The Labute approximate surface area is 74.3 Å². The van der Waals surface area contributed by atoms with Gasteiger partial charge in [-0.3, -0.25) is 4.98 Å². The molecule has 0 aliphatic heterocycles. The quantitative estimate of drug-likeness (QED) is 0.661. The predicted octanol–water partition coefficient (Wildman–Crippen LogP) is 1.68. The zero-order valence-corrected chi connectivity index (χ0v) is 6.68. The fourth-order valence-electron chi connectivity index (χ4n) is 1.02. The normalized spacial score (nSPS) is 9.92. The summed E-state index contributed by atoms with van der Waals surface area (Å²) >= 11 is 0. The van der Waals surface area contributed by atoms with Crippen molar-refractivity contribution in [3.63, 3.8) is 0 Å². The molecule has 0 bridgehead atoms. The summed E-state index contributed by atoms with van der Waals surface area (Å²) in [4.78, 5) is 11.4. The van der Waals surface area contributed by atoms with Crippen molar-refractivity contribution < 1.29 is 4.39 Å². The molecule has 64 valence electrons. The summed E-state index contributed by atoms with van der Waals surface area (Å²) in [6.45, 7) is 0. The first-order chi connectivity index (χ1) is 6.36. The Hall–Kier alpha value is -1.84. The van der Waals surface area contributed by atoms with E-state index in [-0.39, 0.29) is 5.82 Å². The molecule has 0 N–H and O–H groups in total. The van der Waals surface area contributed by atoms with E-state index < -0.39 is 0 Å². The van der Waals surface area contributed by atoms with Crippen LogP contribution in [0.3, 0.4) is 0 Å². The number of pyridine rings is 1. The molecule has 2 rings (SSSR count). The molecule has 0 amide bonds. The summed E-state index contributed by atoms with van der Waals surface area (Å²) in [6, 6.07) is 1.39. The summed E-state index contributed by atoms with van der Waals surface area (Å²) in [7, 11) is 0. The lowest BCUT2D eigenvalue weighted by molar-refractivity contribution is 0.622. The first kappa shape index (κ1) is 7.79. The van der Waals surface area contributed by atoms with Gasteiger partial charge in [0.1, 0.15) is 12.1 Å². The summed E-state index contributed by atoms with van der Waals surface area (Å²) in [5.41, 5.74) is 1.44. The van der Waals surface area contributed by atoms with Crippen LogP contribution in [0.1, 0.15) is 0 Å². The highest BCUT2D eigenvalue weighted by Crippen LogP contribution is 2.15. The topological polar surface area (TPSA) is 38.7 Å². The average molecular weight is 175 g/mol. The van der Waals surface area contributed by atoms with Crippen LogP contribution in [-0.2, 0) is 0 Å². The number of hydrogen-bond acceptors (Lipinski definition) is 3. The van der Waals surface area contributed by atoms with Gasteiger partial charge in [-0.15, -0.1) is 0 Å². The second kappa shape index (κ2) is 3.26. The third-order valence-electron chi connectivity index (χ3n) is 1.60. The Kier molecular flexibility index (Phi) is 1.96. The molecule has 0 aliphatic carbocycles. The molecule has 0 saturated heterocycles. The molecule has 2 heterocycles. The van der Waals surface area contributed by atoms with Crippen LogP contribution < -0.4 is 0 Å². The van der Waals surface area contributed by atoms with Crippen molar-refractivity contribution in [1.29, 1.82) is 0 Å². The zero-order chi connectivity index (χ0) is 9.10. The summed E-state index contributed by atoms with van der Waals surface area (Å²) in [5, 5.41) is 0. The third-order valence-corrected chi connectivity index (χ3v) is 1.60. The van der Waals surface area contributed by atoms with Crippen LogP contribution in [0, 0.1) is 5.82 Å². The lowest BCUT2D eigenvalue weighted by Gasteiger charge is -1.97. The average Bonchev–Trinajstić information content (AvgIpc) is 2.19. The molecule has 0 aliphatic rings. The van der Waals surface area contributed by atoms with E-state index in [0.717, 1.165) is 11.8 Å². The minimum atomic E-state index is -0.360. The number of nitrogens with zero attached hydrogens (tertiary/aromatic N) is 3. The van der Waals surface area contributed by atoms with Gasteiger partial charge in [-0.1, -0.05) is 0 Å². The molecular weight excluding hydrogens is 169 g/mol. The van der Waals surface area contributed by atoms with Crippen molar-refractivity contribution in [1.82, 2.24) is 15.0 Å². The van der Waals surface area contributed by atoms with Gasteiger partial charge >= 0.3 is 0 Å². The second-order valence-corrected chi connectivity index (χ2v) is 2.52. The SMILES string of the molecule is Fc1cncc(-c2cncnc2)c1. The molecule has 4 heteroatoms. The van der Waals surface area contributed by atoms with Crippen LogP contribution in [0.4, 0.5) is 4.39 Å². The monoisotopic (exact) mass is 175 g/mol. The van der Waals surface area contributed by atoms with Crippen molar-refractivity contribution in [3.05, 3.63) is 43.0 Å². The molecule has 13 heavy (non-hydrogen) atoms. The highest BCUT2D eigenvalue weighted by Gasteiger charge is 1.98. The summed E-state index contributed by atoms with van der Waals surface area (Å²) in [6.07, 6.45) is 7.39. The van der Waals surface area contributed by atoms with Gasteiger partial charge in [-0.05, 0) is 6.07 Å². The molecule has 0 saturated carbocycles. The van der Waals surface area contributed by atoms with E-state index in [1.54, 1.807) is 18.6 Å². The van der Waals surface area contributed by atoms with Gasteiger partial charge < -0.3 is 0 Å². The Morgan fingerprint density at radius 2 is 1.54 bits per heavy atom. The molecule has 0 aromatic carbocycles. The number of aromatic nitrogens is 3. The lowest BCUT2D eigenvalue weighted by atomic mass is 10.1. The maximum absolute atomic E-state index is 12.7. The van der Waals surface area contributed by atoms with Crippen LogP contribution in [0.25, 0.3) is 11.1 Å². The smallest absolute Gasteiger partial charge is 0.142 e. The highest BCUT2D eigenvalue weighted by molar-refractivity contribution is 5.59. The predicted molar refractivity (Wildman–Crippen MR) is 45.2 cm³/mol. The van der Waals surface area contributed by atoms with Gasteiger partial charge in [0, 0.05) is 29.7 Å². The molecular formula is C9H6FN3. The second-order valence-electron chi connectivity index (χ2n) is 2.52. The highest BCUT2D eigenvalue weighted by atomic mass is 19.1. The van der Waals surface area contributed by atoms with E-state index >= 15 is 0 Å². The van der Waals surface area contributed by atoms with Gasteiger partial charge in [-0.2, -0.15) is 0 Å². The van der Waals surface area contributed by atoms with Crippen molar-refractivity contribution in [2.45, 2.75) is 0 Å². The van der Waals surface area contributed by atoms with Crippen molar-refractivity contribution in [2.75, 3.05) is 0 Å². The Balaban J connectivity index is 2.48. The van der Waals surface area contributed by atoms with Crippen molar-refractivity contribution in [3.8, 4) is 11.1 Å². The maximum Gasteiger partial charge on any atom is 0.142 e. The largest absolute Gasteiger partial charge is 0.261 e. The van der Waals surface area contributed by atoms with E-state index in [4.69, 9.17) is 0 Å². The van der Waals surface area contributed by atoms with E-state index in [1.807, 2.05) is 0 Å². The minimum absolute atomic E-state index is 0.360. The fraction of sp³-hybridized carbons (Fsp3) is 0. The van der Waals surface area contributed by atoms with Gasteiger partial charge in [0.15, 0.2) is 0 Å². The molecule has 0 spiro atoms. The number of rotatable bonds is 1. The van der Waals surface area contributed by atoms with Crippen LogP contribution in [0.15, 0.2) is 37.2 Å². The fourth-order valence-corrected chi connectivity index (χ4v) is 1.02. The first-order valence-corrected chi connectivity index (χ1v) is 3.72. The van der Waals surface area contributed by atoms with Crippen molar-refractivity contribution >= 4 is 0 Å². The van der Waals surface area contributed by atoms with Crippen LogP contribution in [-0.4, -0.2) is 15.0 Å². The molecule has 0 unspecified atom stereocenters. The van der Waals surface area contributed by atoms with Gasteiger partial charge in [0.25, 0.3) is 0 Å². The van der Waals surface area contributed by atoms with Gasteiger partial charge in [0.2, 0.25) is 0 Å². The zero-order valence-electron chi connectivity index (χ0n) is 6.68. The third kappa shape index (κ3) is 1.66. The van der Waals surface area contributed by atoms with E-state index in [0.29, 0.717) is 5.56 Å². The molecule has 0 radical (unpaired) electrons. The molecule has 3 nitrogen and oxygen atoms in total. The first-order valence-electron chi connectivity index (χ1n) is 3.72. The van der Waals surface area contributed by atoms with Crippen LogP contribution in [0.2, 0.25) is 0 Å². The molecule has 0 fully saturated rings. The minimum Gasteiger partial charge on any atom is -0.261 e. The van der Waals surface area contributed by atoms with E-state index in [9.17, 15) is 4.39 Å². The van der Waals surface area contributed by atoms with Gasteiger partial charge in [0.05, 0.1) is 6.20 Å². The number of hydrogen-bond donors (Lipinski definition) is 0. The van der Waals surface area contributed by atoms with Crippen LogP contribution >= 0.6 is 0 Å². The standard InChI is InChI=1S/C9H6FN3/c10-9-1-7(2-11-5-9)8-3-12-6-13-4-8/h1-6H. The van der Waals surface area contributed by atoms with Gasteiger partial charge in [-0.25, -0.2) is 14.4 Å². The van der Waals surface area contributed by atoms with Crippen LogP contribution in [0.5, 0.6) is 0 Å². The molecule has 2 aromatic heterocycles. The Bertz CT molecular complexity index is 403. The van der Waals surface area contributed by atoms with E-state index in [1.165, 1.54) is 12.4 Å². The maximum atomic E-state index is 12.7. The summed E-state index contributed by atoms with van der Waals surface area (Å²) < 4.78 is 12.7. The molecule has 2 aromatic rings. The Morgan fingerprint density at radius 1 is 0.846 bits per heavy atom. The lowest BCUT2D eigenvalue weighted by Crippen LogP contribution is -1.84. The molecule has 0 atom stereocenters. The Morgan fingerprint density at radius 3 is 2.23 bits per heavy atom. The number of halogens is 1.